The fourth-order valence-corrected chi connectivity index (χ4v) is 7.88. The highest BCUT2D eigenvalue weighted by Crippen LogP contribution is 2.46. The molecule has 1 saturated heterocycles. The summed E-state index contributed by atoms with van der Waals surface area (Å²) in [5, 5.41) is 35.2. The maximum atomic E-state index is 14.6. The number of halogens is 3. The Morgan fingerprint density at radius 1 is 0.966 bits per heavy atom. The van der Waals surface area contributed by atoms with Crippen molar-refractivity contribution in [1.29, 1.82) is 5.26 Å². The van der Waals surface area contributed by atoms with Gasteiger partial charge < -0.3 is 35.1 Å². The first kappa shape index (κ1) is 47.9. The Balaban J connectivity index is 1.20. The van der Waals surface area contributed by atoms with Crippen LogP contribution >= 0.6 is 19.4 Å². The number of hydrogen-bond donors (Lipinski definition) is 4. The number of rotatable bonds is 29. The molecule has 0 aliphatic carbocycles. The molecule has 0 bridgehead atoms. The highest BCUT2D eigenvalue weighted by Gasteiger charge is 2.58. The van der Waals surface area contributed by atoms with Crippen LogP contribution in [0.15, 0.2) is 30.6 Å². The number of nitrogens with zero attached hydrogens (tertiary/aromatic N) is 4. The number of nitrogen functional groups attached to an aromatic ring is 1. The van der Waals surface area contributed by atoms with Crippen LogP contribution in [0.5, 0.6) is 0 Å². The first-order valence-corrected chi connectivity index (χ1v) is 22.3. The highest BCUT2D eigenvalue weighted by molar-refractivity contribution is 7.47. The lowest BCUT2D eigenvalue weighted by Gasteiger charge is -2.24. The molecule has 1 unspecified atom stereocenters. The number of ether oxygens (including phenoxy) is 3. The standard InChI is InChI=1S/C40H59ClF2N5O9P/c1-2-3-4-5-6-7-8-9-10-11-12-13-14-15-16-17-22-53-24-30(54-23-29-18-19-31(42)35(41)36(29)43)25-55-58(51,52)56-26-33-37(49)38(50)40(27-44,57-33)34-21-20-32-39(45)46-28-47-48(32)34/h18-21,28,30,33,37-38,49-50H,2-17,22-26H2,1H3,(H,51,52)(H2,45,46,47)/t30-,33-,37-,38-,40+/m1/s1. The van der Waals surface area contributed by atoms with Crippen LogP contribution < -0.4 is 5.73 Å². The van der Waals surface area contributed by atoms with Crippen LogP contribution in [0.1, 0.15) is 121 Å². The third kappa shape index (κ3) is 13.9. The zero-order valence-corrected chi connectivity index (χ0v) is 34.9. The lowest BCUT2D eigenvalue weighted by molar-refractivity contribution is -0.0691. The molecule has 1 fully saturated rings. The molecule has 0 saturated carbocycles. The molecule has 4 rings (SSSR count). The SMILES string of the molecule is CCCCCCCCCCCCCCCCCCOC[C@H](COP(=O)(O)OC[C@H]1O[C@@](C#N)(c2ccc3c(N)ncnn23)[C@H](O)[C@@H]1O)OCc1ccc(F)c(Cl)c1F. The molecule has 0 spiro atoms. The fraction of sp³-hybridized carbons (Fsp3) is 0.675. The van der Waals surface area contributed by atoms with E-state index in [0.29, 0.717) is 12.1 Å². The molecule has 5 N–H and O–H groups in total. The molecule has 1 aromatic carbocycles. The number of fused-ring (bicyclic) bond motifs is 1. The molecule has 6 atom stereocenters. The van der Waals surface area contributed by atoms with Gasteiger partial charge in [-0.2, -0.15) is 10.4 Å². The van der Waals surface area contributed by atoms with Crippen molar-refractivity contribution in [2.45, 2.75) is 146 Å². The van der Waals surface area contributed by atoms with E-state index < -0.39 is 67.7 Å². The summed E-state index contributed by atoms with van der Waals surface area (Å²) >= 11 is 5.72. The van der Waals surface area contributed by atoms with Gasteiger partial charge in [0.25, 0.3) is 0 Å². The average molecular weight is 858 g/mol. The zero-order chi connectivity index (χ0) is 42.0. The van der Waals surface area contributed by atoms with Gasteiger partial charge >= 0.3 is 7.82 Å². The molecular weight excluding hydrogens is 799 g/mol. The van der Waals surface area contributed by atoms with Crippen molar-refractivity contribution in [3.05, 3.63) is 58.5 Å². The number of hydrogen-bond acceptors (Lipinski definition) is 12. The summed E-state index contributed by atoms with van der Waals surface area (Å²) in [6.45, 7) is 0.859. The molecule has 0 radical (unpaired) electrons. The van der Waals surface area contributed by atoms with E-state index in [1.807, 2.05) is 6.07 Å². The predicted molar refractivity (Wildman–Crippen MR) is 214 cm³/mol. The summed E-state index contributed by atoms with van der Waals surface area (Å²) in [6.07, 6.45) is 14.9. The van der Waals surface area contributed by atoms with Gasteiger partial charge in [0.05, 0.1) is 32.1 Å². The number of nitrogens with two attached hydrogens (primary N) is 1. The average Bonchev–Trinajstić information content (AvgIpc) is 3.76. The van der Waals surface area contributed by atoms with E-state index in [2.05, 4.69) is 17.0 Å². The minimum atomic E-state index is -4.88. The molecule has 2 aromatic heterocycles. The Hall–Kier alpha value is -2.81. The van der Waals surface area contributed by atoms with Crippen LogP contribution in [0.25, 0.3) is 5.52 Å². The lowest BCUT2D eigenvalue weighted by atomic mass is 9.92. The van der Waals surface area contributed by atoms with E-state index >= 15 is 0 Å². The largest absolute Gasteiger partial charge is 0.472 e. The first-order valence-electron chi connectivity index (χ1n) is 20.4. The van der Waals surface area contributed by atoms with Gasteiger partial charge in [0.15, 0.2) is 5.82 Å². The molecule has 1 aliphatic rings. The van der Waals surface area contributed by atoms with Gasteiger partial charge in [-0.3, -0.25) is 9.05 Å². The van der Waals surface area contributed by atoms with E-state index in [1.165, 1.54) is 99.8 Å². The van der Waals surface area contributed by atoms with Crippen LogP contribution in [0, 0.1) is 23.0 Å². The molecule has 14 nitrogen and oxygen atoms in total. The normalized spacial score (nSPS) is 21.0. The Morgan fingerprint density at radius 2 is 1.59 bits per heavy atom. The van der Waals surface area contributed by atoms with Crippen LogP contribution in [-0.4, -0.2) is 80.5 Å². The Morgan fingerprint density at radius 3 is 2.21 bits per heavy atom. The Bertz CT molecular complexity index is 1790. The van der Waals surface area contributed by atoms with Crippen molar-refractivity contribution < 1.29 is 51.7 Å². The van der Waals surface area contributed by atoms with Gasteiger partial charge in [0, 0.05) is 12.2 Å². The number of phosphoric acid groups is 1. The van der Waals surface area contributed by atoms with Gasteiger partial charge in [0.1, 0.15) is 59.0 Å². The first-order chi connectivity index (χ1) is 27.9. The zero-order valence-electron chi connectivity index (χ0n) is 33.3. The fourth-order valence-electron chi connectivity index (χ4n) is 6.93. The van der Waals surface area contributed by atoms with Crippen molar-refractivity contribution in [3.63, 3.8) is 0 Å². The van der Waals surface area contributed by atoms with Gasteiger partial charge in [-0.25, -0.2) is 22.8 Å². The minimum Gasteiger partial charge on any atom is -0.387 e. The smallest absolute Gasteiger partial charge is 0.387 e. The lowest BCUT2D eigenvalue weighted by Crippen LogP contribution is -2.41. The van der Waals surface area contributed by atoms with Crippen molar-refractivity contribution in [2.24, 2.45) is 0 Å². The number of aliphatic hydroxyl groups is 2. The second-order valence-electron chi connectivity index (χ2n) is 14.8. The monoisotopic (exact) mass is 857 g/mol. The third-order valence-electron chi connectivity index (χ3n) is 10.3. The van der Waals surface area contributed by atoms with Crippen molar-refractivity contribution >= 4 is 30.8 Å². The summed E-state index contributed by atoms with van der Waals surface area (Å²) in [4.78, 5) is 14.4. The summed E-state index contributed by atoms with van der Waals surface area (Å²) in [5.74, 6) is -1.83. The van der Waals surface area contributed by atoms with Crippen molar-refractivity contribution in [1.82, 2.24) is 14.6 Å². The highest BCUT2D eigenvalue weighted by atomic mass is 35.5. The molecule has 1 aliphatic heterocycles. The number of benzene rings is 1. The van der Waals surface area contributed by atoms with E-state index in [4.69, 9.17) is 40.6 Å². The number of unbranched alkanes of at least 4 members (excludes halogenated alkanes) is 15. The molecular formula is C40H59ClF2N5O9P. The number of aliphatic hydroxyl groups excluding tert-OH is 2. The number of phosphoric ester groups is 1. The Labute approximate surface area is 344 Å². The molecule has 58 heavy (non-hydrogen) atoms. The maximum Gasteiger partial charge on any atom is 0.472 e. The summed E-state index contributed by atoms with van der Waals surface area (Å²) in [7, 11) is -4.88. The topological polar surface area (TPSA) is 204 Å². The summed E-state index contributed by atoms with van der Waals surface area (Å²) in [5.41, 5.74) is 4.05. The van der Waals surface area contributed by atoms with Crippen LogP contribution in [-0.2, 0) is 40.0 Å². The van der Waals surface area contributed by atoms with Gasteiger partial charge in [-0.05, 0) is 24.6 Å². The third-order valence-corrected chi connectivity index (χ3v) is 11.6. The quantitative estimate of drug-likeness (QED) is 0.0297. The number of aromatic nitrogens is 3. The van der Waals surface area contributed by atoms with Crippen molar-refractivity contribution in [2.75, 3.05) is 32.2 Å². The summed E-state index contributed by atoms with van der Waals surface area (Å²) in [6, 6.07) is 6.98. The molecule has 18 heteroatoms. The van der Waals surface area contributed by atoms with Crippen molar-refractivity contribution in [3.8, 4) is 6.07 Å². The maximum absolute atomic E-state index is 14.6. The van der Waals surface area contributed by atoms with E-state index in [9.17, 15) is 33.7 Å². The van der Waals surface area contributed by atoms with Gasteiger partial charge in [-0.1, -0.05) is 121 Å². The minimum absolute atomic E-state index is 0.0371. The van der Waals surface area contributed by atoms with Crippen LogP contribution in [0.2, 0.25) is 5.02 Å². The molecule has 3 aromatic rings. The van der Waals surface area contributed by atoms with E-state index in [0.717, 1.165) is 38.1 Å². The van der Waals surface area contributed by atoms with Gasteiger partial charge in [0.2, 0.25) is 5.60 Å². The summed E-state index contributed by atoms with van der Waals surface area (Å²) < 4.78 is 70.2. The molecule has 0 amide bonds. The van der Waals surface area contributed by atoms with E-state index in [-0.39, 0.29) is 30.3 Å². The molecule has 324 valence electrons. The van der Waals surface area contributed by atoms with Crippen LogP contribution in [0.4, 0.5) is 14.6 Å². The second-order valence-corrected chi connectivity index (χ2v) is 16.6. The second kappa shape index (κ2) is 24.4. The van der Waals surface area contributed by atoms with Gasteiger partial charge in [-0.15, -0.1) is 0 Å². The van der Waals surface area contributed by atoms with E-state index in [1.54, 1.807) is 0 Å². The Kier molecular flexibility index (Phi) is 20.2. The molecule has 3 heterocycles. The number of anilines is 1. The van der Waals surface area contributed by atoms with Crippen LogP contribution in [0.3, 0.4) is 0 Å². The predicted octanol–water partition coefficient (Wildman–Crippen LogP) is 8.08. The number of nitriles is 1.